The Morgan fingerprint density at radius 1 is 0.675 bits per heavy atom. The summed E-state index contributed by atoms with van der Waals surface area (Å²) in [5.74, 6) is 0.743. The molecule has 218 valence electrons. The van der Waals surface area contributed by atoms with Crippen molar-refractivity contribution >= 4 is 20.2 Å². The van der Waals surface area contributed by atoms with Crippen LogP contribution >= 0.6 is 0 Å². The van der Waals surface area contributed by atoms with Gasteiger partial charge in [-0.1, -0.05) is 58.9 Å². The molecule has 0 aromatic heterocycles. The first kappa shape index (κ1) is 31.6. The summed E-state index contributed by atoms with van der Waals surface area (Å²) in [6.07, 6.45) is 2.87. The van der Waals surface area contributed by atoms with Crippen molar-refractivity contribution in [2.75, 3.05) is 0 Å². The van der Waals surface area contributed by atoms with Gasteiger partial charge in [-0.25, -0.2) is 0 Å². The van der Waals surface area contributed by atoms with Gasteiger partial charge in [-0.15, -0.1) is 0 Å². The van der Waals surface area contributed by atoms with E-state index in [0.717, 1.165) is 12.8 Å². The predicted molar refractivity (Wildman–Crippen MR) is 156 cm³/mol. The van der Waals surface area contributed by atoms with E-state index in [0.29, 0.717) is 41.0 Å². The largest absolute Gasteiger partial charge is 0.487 e. The summed E-state index contributed by atoms with van der Waals surface area (Å²) < 4.78 is 81.4. The van der Waals surface area contributed by atoms with Crippen molar-refractivity contribution in [1.82, 2.24) is 0 Å². The van der Waals surface area contributed by atoms with Crippen LogP contribution < -0.4 is 9.47 Å². The van der Waals surface area contributed by atoms with Gasteiger partial charge in [-0.05, 0) is 85.0 Å². The van der Waals surface area contributed by atoms with Gasteiger partial charge in [-0.3, -0.25) is 9.11 Å². The molecule has 0 aliphatic rings. The molecule has 8 nitrogen and oxygen atoms in total. The molecule has 0 atom stereocenters. The van der Waals surface area contributed by atoms with E-state index in [4.69, 9.17) is 9.47 Å². The van der Waals surface area contributed by atoms with Gasteiger partial charge in [0, 0.05) is 6.07 Å². The molecule has 3 aromatic rings. The lowest BCUT2D eigenvalue weighted by atomic mass is 9.77. The Bertz CT molecular complexity index is 1570. The zero-order valence-corrected chi connectivity index (χ0v) is 25.4. The Hall–Kier alpha value is -2.92. The normalized spacial score (nSPS) is 12.8. The summed E-state index contributed by atoms with van der Waals surface area (Å²) in [7, 11) is -9.31. The van der Waals surface area contributed by atoms with Crippen molar-refractivity contribution in [3.8, 4) is 28.4 Å². The first-order chi connectivity index (χ1) is 18.6. The van der Waals surface area contributed by atoms with E-state index in [1.807, 2.05) is 41.5 Å². The first-order valence-corrected chi connectivity index (χ1v) is 16.2. The highest BCUT2D eigenvalue weighted by Crippen LogP contribution is 2.39. The van der Waals surface area contributed by atoms with Crippen LogP contribution in [0.15, 0.2) is 70.5 Å². The summed E-state index contributed by atoms with van der Waals surface area (Å²) in [6, 6.07) is 15.5. The molecule has 0 spiro atoms. The molecule has 0 saturated carbocycles. The molecule has 3 rings (SSSR count). The van der Waals surface area contributed by atoms with Gasteiger partial charge in [0.25, 0.3) is 20.2 Å². The lowest BCUT2D eigenvalue weighted by Gasteiger charge is -2.29. The minimum atomic E-state index is -4.73. The quantitative estimate of drug-likeness (QED) is 0.206. The van der Waals surface area contributed by atoms with E-state index in [1.165, 1.54) is 18.2 Å². The maximum absolute atomic E-state index is 12.4. The number of hydrogen-bond acceptors (Lipinski definition) is 6. The molecule has 0 aliphatic carbocycles. The lowest BCUT2D eigenvalue weighted by molar-refractivity contribution is 0.0801. The molecule has 0 amide bonds. The minimum absolute atomic E-state index is 0.117. The molecule has 0 radical (unpaired) electrons. The molecule has 0 fully saturated rings. The van der Waals surface area contributed by atoms with Gasteiger partial charge in [0.2, 0.25) is 0 Å². The highest BCUT2D eigenvalue weighted by molar-refractivity contribution is 7.86. The average molecular weight is 591 g/mol. The molecule has 0 aliphatic heterocycles. The van der Waals surface area contributed by atoms with Crippen molar-refractivity contribution in [3.05, 3.63) is 66.2 Å². The van der Waals surface area contributed by atoms with E-state index in [-0.39, 0.29) is 16.2 Å². The summed E-state index contributed by atoms with van der Waals surface area (Å²) >= 11 is 0. The van der Waals surface area contributed by atoms with Crippen LogP contribution in [-0.2, 0) is 25.7 Å². The predicted octanol–water partition coefficient (Wildman–Crippen LogP) is 7.67. The molecule has 0 heterocycles. The van der Waals surface area contributed by atoms with Gasteiger partial charge in [0.15, 0.2) is 0 Å². The highest BCUT2D eigenvalue weighted by Gasteiger charge is 2.30. The second kappa shape index (κ2) is 11.9. The van der Waals surface area contributed by atoms with Crippen molar-refractivity contribution in [1.29, 1.82) is 0 Å². The van der Waals surface area contributed by atoms with Crippen molar-refractivity contribution in [3.63, 3.8) is 0 Å². The fraction of sp³-hybridized carbons (Fsp3) is 0.400. The Kier molecular flexibility index (Phi) is 9.40. The summed E-state index contributed by atoms with van der Waals surface area (Å²) in [6.45, 7) is 11.9. The van der Waals surface area contributed by atoms with Gasteiger partial charge in [0.05, 0.1) is 4.90 Å². The summed E-state index contributed by atoms with van der Waals surface area (Å²) in [5, 5.41) is 0. The molecular formula is C30H38O8S2. The maximum atomic E-state index is 12.4. The summed E-state index contributed by atoms with van der Waals surface area (Å²) in [5.41, 5.74) is 0.261. The van der Waals surface area contributed by atoms with Crippen LogP contribution in [0.5, 0.6) is 17.2 Å². The van der Waals surface area contributed by atoms with E-state index in [2.05, 4.69) is 0 Å². The Balaban J connectivity index is 2.07. The zero-order chi connectivity index (χ0) is 29.9. The average Bonchev–Trinajstić information content (AvgIpc) is 2.91. The third-order valence-corrected chi connectivity index (χ3v) is 9.69. The topological polar surface area (TPSA) is 127 Å². The first-order valence-electron chi connectivity index (χ1n) is 13.3. The van der Waals surface area contributed by atoms with Crippen molar-refractivity contribution in [2.24, 2.45) is 0 Å². The van der Waals surface area contributed by atoms with Crippen LogP contribution in [0.1, 0.15) is 72.8 Å². The van der Waals surface area contributed by atoms with Crippen molar-refractivity contribution < 1.29 is 35.4 Å². The molecule has 40 heavy (non-hydrogen) atoms. The number of ether oxygens (including phenoxy) is 2. The van der Waals surface area contributed by atoms with E-state index in [9.17, 15) is 25.9 Å². The van der Waals surface area contributed by atoms with Gasteiger partial charge in [0.1, 0.15) is 27.7 Å². The van der Waals surface area contributed by atoms with Crippen LogP contribution in [0.2, 0.25) is 0 Å². The molecule has 3 aromatic carbocycles. The fourth-order valence-electron chi connectivity index (χ4n) is 4.43. The van der Waals surface area contributed by atoms with Crippen LogP contribution in [0, 0.1) is 0 Å². The maximum Gasteiger partial charge on any atom is 0.298 e. The van der Waals surface area contributed by atoms with Crippen LogP contribution in [0.3, 0.4) is 0 Å². The molecule has 10 heteroatoms. The lowest BCUT2D eigenvalue weighted by Crippen LogP contribution is -2.30. The van der Waals surface area contributed by atoms with E-state index in [1.54, 1.807) is 42.5 Å². The Morgan fingerprint density at radius 2 is 1.20 bits per heavy atom. The third kappa shape index (κ3) is 7.04. The van der Waals surface area contributed by atoms with Gasteiger partial charge in [-0.2, -0.15) is 16.8 Å². The van der Waals surface area contributed by atoms with Crippen molar-refractivity contribution in [2.45, 2.75) is 88.0 Å². The number of hydrogen-bond donors (Lipinski definition) is 2. The standard InChI is InChI=1S/C30H38O8S2/c1-7-29(5,8-2)25-16-14-21(18-27(25)39(31,32)33)22-15-17-26(28(19-22)40(34,35)36)37-23-12-11-13-24(20-23)38-30(6,9-3)10-4/h11-20H,7-10H2,1-6H3,(H,31,32,33)(H,34,35,36). The smallest absolute Gasteiger partial charge is 0.298 e. The minimum Gasteiger partial charge on any atom is -0.487 e. The van der Waals surface area contributed by atoms with E-state index < -0.39 is 30.5 Å². The second-order valence-electron chi connectivity index (χ2n) is 10.4. The highest BCUT2D eigenvalue weighted by atomic mass is 32.2. The van der Waals surface area contributed by atoms with Gasteiger partial charge < -0.3 is 9.47 Å². The molecule has 0 saturated heterocycles. The molecule has 0 bridgehead atoms. The Morgan fingerprint density at radius 3 is 1.73 bits per heavy atom. The number of benzene rings is 3. The molecular weight excluding hydrogens is 552 g/mol. The fourth-order valence-corrected chi connectivity index (χ4v) is 5.93. The summed E-state index contributed by atoms with van der Waals surface area (Å²) in [4.78, 5) is -0.736. The Labute approximate surface area is 237 Å². The SMILES string of the molecule is CCC(C)(CC)Oc1cccc(Oc2ccc(-c3ccc(C(C)(CC)CC)c(S(=O)(=O)O)c3)cc2S(=O)(=O)O)c1. The second-order valence-corrected chi connectivity index (χ2v) is 13.2. The van der Waals surface area contributed by atoms with Crippen LogP contribution in [0.4, 0.5) is 0 Å². The zero-order valence-electron chi connectivity index (χ0n) is 23.8. The number of rotatable bonds is 12. The third-order valence-electron chi connectivity index (χ3n) is 7.92. The monoisotopic (exact) mass is 590 g/mol. The van der Waals surface area contributed by atoms with Crippen LogP contribution in [0.25, 0.3) is 11.1 Å². The van der Waals surface area contributed by atoms with E-state index >= 15 is 0 Å². The molecule has 0 unspecified atom stereocenters. The van der Waals surface area contributed by atoms with Gasteiger partial charge >= 0.3 is 0 Å². The molecule has 2 N–H and O–H groups in total. The van der Waals surface area contributed by atoms with Crippen LogP contribution in [-0.4, -0.2) is 31.5 Å².